The van der Waals surface area contributed by atoms with Crippen molar-refractivity contribution in [1.29, 1.82) is 0 Å². The Morgan fingerprint density at radius 1 is 0.481 bits per heavy atom. The molecule has 0 N–H and O–H groups in total. The monoisotopic (exact) mass is 374 g/mol. The van der Waals surface area contributed by atoms with Crippen LogP contribution in [0.25, 0.3) is 0 Å². The van der Waals surface area contributed by atoms with Gasteiger partial charge >= 0.3 is 0 Å². The summed E-state index contributed by atoms with van der Waals surface area (Å²) in [6.45, 7) is 8.11. The van der Waals surface area contributed by atoms with Gasteiger partial charge in [0.05, 0.1) is 39.6 Å². The second kappa shape index (κ2) is 8.09. The molecule has 0 aliphatic heterocycles. The first-order valence-corrected chi connectivity index (χ1v) is 8.82. The molecule has 0 aliphatic carbocycles. The van der Waals surface area contributed by atoms with Crippen molar-refractivity contribution in [3.05, 3.63) is 47.5 Å². The van der Waals surface area contributed by atoms with E-state index in [0.29, 0.717) is 0 Å². The molecule has 0 unspecified atom stereocenters. The Balaban J connectivity index is 2.41. The lowest BCUT2D eigenvalue weighted by Gasteiger charge is -2.37. The van der Waals surface area contributed by atoms with Crippen molar-refractivity contribution >= 4 is 0 Å². The number of methoxy groups -OCH3 is 4. The number of hydrogen-bond donors (Lipinski definition) is 0. The van der Waals surface area contributed by atoms with E-state index in [0.717, 1.165) is 34.1 Å². The lowest BCUT2D eigenvalue weighted by atomic mass is 9.92. The van der Waals surface area contributed by atoms with Crippen molar-refractivity contribution in [2.24, 2.45) is 0 Å². The van der Waals surface area contributed by atoms with Crippen LogP contribution in [0.3, 0.4) is 0 Å². The maximum absolute atomic E-state index is 6.57. The van der Waals surface area contributed by atoms with Crippen LogP contribution in [-0.4, -0.2) is 28.4 Å². The fourth-order valence-corrected chi connectivity index (χ4v) is 3.07. The molecule has 2 rings (SSSR count). The molecule has 2 aromatic carbocycles. The first-order chi connectivity index (χ1) is 12.6. The standard InChI is InChI=1S/C22H30O5/c1-21(2,15-9-17(23-5)13-18(10-15)24-6)27-22(3,4)16-11-19(25-7)14-20(12-16)26-8/h9-14H,1-8H3. The third-order valence-corrected chi connectivity index (χ3v) is 4.60. The van der Waals surface area contributed by atoms with Gasteiger partial charge in [-0.05, 0) is 63.1 Å². The molecule has 0 spiro atoms. The quantitative estimate of drug-likeness (QED) is 0.657. The lowest BCUT2D eigenvalue weighted by molar-refractivity contribution is -0.132. The molecular weight excluding hydrogens is 344 g/mol. The van der Waals surface area contributed by atoms with Gasteiger partial charge in [-0.3, -0.25) is 0 Å². The van der Waals surface area contributed by atoms with Gasteiger partial charge in [0.15, 0.2) is 0 Å². The zero-order valence-corrected chi connectivity index (χ0v) is 17.5. The third-order valence-electron chi connectivity index (χ3n) is 4.60. The Morgan fingerprint density at radius 2 is 0.741 bits per heavy atom. The molecule has 0 bridgehead atoms. The molecule has 5 nitrogen and oxygen atoms in total. The SMILES string of the molecule is COc1cc(OC)cc(C(C)(C)OC(C)(C)c2cc(OC)cc(OC)c2)c1. The summed E-state index contributed by atoms with van der Waals surface area (Å²) >= 11 is 0. The van der Waals surface area contributed by atoms with Gasteiger partial charge in [0.25, 0.3) is 0 Å². The van der Waals surface area contributed by atoms with Gasteiger partial charge in [0.1, 0.15) is 23.0 Å². The Labute approximate surface area is 162 Å². The van der Waals surface area contributed by atoms with E-state index in [2.05, 4.69) is 0 Å². The summed E-state index contributed by atoms with van der Waals surface area (Å²) in [6, 6.07) is 11.5. The molecule has 0 saturated carbocycles. The van der Waals surface area contributed by atoms with Gasteiger partial charge in [-0.1, -0.05) is 0 Å². The molecule has 0 atom stereocenters. The van der Waals surface area contributed by atoms with Gasteiger partial charge in [0.2, 0.25) is 0 Å². The largest absolute Gasteiger partial charge is 0.497 e. The second-order valence-electron chi connectivity index (χ2n) is 7.33. The Morgan fingerprint density at radius 3 is 0.963 bits per heavy atom. The average Bonchev–Trinajstić information content (AvgIpc) is 2.66. The molecule has 0 aromatic heterocycles. The fraction of sp³-hybridized carbons (Fsp3) is 0.455. The van der Waals surface area contributed by atoms with Crippen LogP contribution in [0.4, 0.5) is 0 Å². The first-order valence-electron chi connectivity index (χ1n) is 8.82. The third kappa shape index (κ3) is 4.86. The summed E-state index contributed by atoms with van der Waals surface area (Å²) in [4.78, 5) is 0. The van der Waals surface area contributed by atoms with Crippen LogP contribution in [0.15, 0.2) is 36.4 Å². The Bertz CT molecular complexity index is 670. The summed E-state index contributed by atoms with van der Waals surface area (Å²) in [5.74, 6) is 2.90. The van der Waals surface area contributed by atoms with Crippen molar-refractivity contribution in [3.8, 4) is 23.0 Å². The normalized spacial score (nSPS) is 11.9. The van der Waals surface area contributed by atoms with E-state index in [1.54, 1.807) is 28.4 Å². The average molecular weight is 374 g/mol. The highest BCUT2D eigenvalue weighted by atomic mass is 16.5. The number of ether oxygens (including phenoxy) is 5. The van der Waals surface area contributed by atoms with Crippen LogP contribution < -0.4 is 18.9 Å². The van der Waals surface area contributed by atoms with E-state index in [1.807, 2.05) is 64.1 Å². The molecule has 148 valence electrons. The Kier molecular flexibility index (Phi) is 6.26. The maximum Gasteiger partial charge on any atom is 0.122 e. The molecule has 5 heteroatoms. The van der Waals surface area contributed by atoms with E-state index >= 15 is 0 Å². The summed E-state index contributed by atoms with van der Waals surface area (Å²) < 4.78 is 28.2. The molecular formula is C22H30O5. The molecule has 0 fully saturated rings. The summed E-state index contributed by atoms with van der Waals surface area (Å²) in [5.41, 5.74) is 0.728. The van der Waals surface area contributed by atoms with E-state index < -0.39 is 11.2 Å². The van der Waals surface area contributed by atoms with Crippen LogP contribution in [0, 0.1) is 0 Å². The molecule has 27 heavy (non-hydrogen) atoms. The van der Waals surface area contributed by atoms with Crippen molar-refractivity contribution in [2.45, 2.75) is 38.9 Å². The smallest absolute Gasteiger partial charge is 0.122 e. The maximum atomic E-state index is 6.57. The van der Waals surface area contributed by atoms with Crippen molar-refractivity contribution in [3.63, 3.8) is 0 Å². The Hall–Kier alpha value is -2.40. The predicted molar refractivity (Wildman–Crippen MR) is 106 cm³/mol. The van der Waals surface area contributed by atoms with Crippen LogP contribution in [0.2, 0.25) is 0 Å². The minimum Gasteiger partial charge on any atom is -0.497 e. The minimum absolute atomic E-state index is 0.596. The zero-order chi connectivity index (χ0) is 20.2. The summed E-state index contributed by atoms with van der Waals surface area (Å²) in [7, 11) is 6.55. The number of benzene rings is 2. The fourth-order valence-electron chi connectivity index (χ4n) is 3.07. The van der Waals surface area contributed by atoms with Crippen molar-refractivity contribution in [1.82, 2.24) is 0 Å². The lowest BCUT2D eigenvalue weighted by Crippen LogP contribution is -2.33. The van der Waals surface area contributed by atoms with Crippen LogP contribution in [0.1, 0.15) is 38.8 Å². The van der Waals surface area contributed by atoms with Gasteiger partial charge in [0, 0.05) is 12.1 Å². The van der Waals surface area contributed by atoms with Gasteiger partial charge < -0.3 is 23.7 Å². The highest BCUT2D eigenvalue weighted by Gasteiger charge is 2.33. The van der Waals surface area contributed by atoms with Gasteiger partial charge in [-0.15, -0.1) is 0 Å². The van der Waals surface area contributed by atoms with Crippen molar-refractivity contribution < 1.29 is 23.7 Å². The van der Waals surface area contributed by atoms with E-state index in [9.17, 15) is 0 Å². The number of rotatable bonds is 8. The highest BCUT2D eigenvalue weighted by molar-refractivity contribution is 5.42. The van der Waals surface area contributed by atoms with Gasteiger partial charge in [-0.2, -0.15) is 0 Å². The second-order valence-corrected chi connectivity index (χ2v) is 7.33. The van der Waals surface area contributed by atoms with Crippen LogP contribution >= 0.6 is 0 Å². The topological polar surface area (TPSA) is 46.2 Å². The van der Waals surface area contributed by atoms with E-state index in [-0.39, 0.29) is 0 Å². The molecule has 0 aliphatic rings. The zero-order valence-electron chi connectivity index (χ0n) is 17.5. The summed E-state index contributed by atoms with van der Waals surface area (Å²) in [6.07, 6.45) is 0. The molecule has 0 heterocycles. The van der Waals surface area contributed by atoms with Crippen molar-refractivity contribution in [2.75, 3.05) is 28.4 Å². The predicted octanol–water partition coefficient (Wildman–Crippen LogP) is 4.91. The van der Waals surface area contributed by atoms with Crippen LogP contribution in [0.5, 0.6) is 23.0 Å². The molecule has 0 amide bonds. The van der Waals surface area contributed by atoms with E-state index in [4.69, 9.17) is 23.7 Å². The first kappa shape index (κ1) is 20.9. The molecule has 0 saturated heterocycles. The van der Waals surface area contributed by atoms with Gasteiger partial charge in [-0.25, -0.2) is 0 Å². The molecule has 0 radical (unpaired) electrons. The minimum atomic E-state index is -0.596. The number of hydrogen-bond acceptors (Lipinski definition) is 5. The van der Waals surface area contributed by atoms with Crippen LogP contribution in [-0.2, 0) is 15.9 Å². The highest BCUT2D eigenvalue weighted by Crippen LogP contribution is 2.40. The summed E-state index contributed by atoms with van der Waals surface area (Å²) in [5, 5.41) is 0. The molecule has 2 aromatic rings. The van der Waals surface area contributed by atoms with E-state index in [1.165, 1.54) is 0 Å².